The van der Waals surface area contributed by atoms with E-state index in [1.165, 1.54) is 116 Å². The van der Waals surface area contributed by atoms with Crippen LogP contribution in [0.15, 0.2) is 0 Å². The van der Waals surface area contributed by atoms with Crippen LogP contribution in [0.3, 0.4) is 0 Å². The zero-order valence-electron chi connectivity index (χ0n) is 27.9. The summed E-state index contributed by atoms with van der Waals surface area (Å²) in [5.41, 5.74) is 0. The van der Waals surface area contributed by atoms with E-state index < -0.39 is 23.8 Å². The van der Waals surface area contributed by atoms with Gasteiger partial charge in [0.05, 0.1) is 0 Å². The molecule has 0 aliphatic rings. The van der Waals surface area contributed by atoms with Crippen molar-refractivity contribution in [3.05, 3.63) is 0 Å². The fraction of sp³-hybridized carbons (Fsp3) is 0.941. The Hall–Kier alpha value is 1.14. The van der Waals surface area contributed by atoms with E-state index in [2.05, 4.69) is 64.4 Å². The molecule has 2 atom stereocenters. The summed E-state index contributed by atoms with van der Waals surface area (Å²) in [7, 11) is 0. The number of rotatable bonds is 30. The average molecular weight is 788 g/mol. The second kappa shape index (κ2) is 43.1. The molecule has 0 aliphatic carbocycles. The second-order valence-corrected chi connectivity index (χ2v) is 17.4. The van der Waals surface area contributed by atoms with Crippen LogP contribution in [0, 0.1) is 11.8 Å². The molecule has 0 aliphatic heterocycles. The van der Waals surface area contributed by atoms with Crippen LogP contribution in [-0.4, -0.2) is 56.1 Å². The molecule has 0 saturated carbocycles. The van der Waals surface area contributed by atoms with Crippen LogP contribution in [0.1, 0.15) is 155 Å². The minimum atomic E-state index is -1.03. The van der Waals surface area contributed by atoms with Gasteiger partial charge in [-0.2, -0.15) is 50.5 Å². The van der Waals surface area contributed by atoms with Crippen LogP contribution in [0.4, 0.5) is 0 Å². The molecule has 0 bridgehead atoms. The van der Waals surface area contributed by atoms with Gasteiger partial charge < -0.3 is 19.8 Å². The molecule has 2 unspecified atom stereocenters. The summed E-state index contributed by atoms with van der Waals surface area (Å²) in [6, 6.07) is 0. The predicted octanol–water partition coefficient (Wildman–Crippen LogP) is 8.57. The Morgan fingerprint density at radius 2 is 0.744 bits per heavy atom. The third-order valence-electron chi connectivity index (χ3n) is 7.48. The number of carboxylic acid groups (broad SMARTS) is 2. The molecule has 0 heterocycles. The van der Waals surface area contributed by atoms with Crippen molar-refractivity contribution < 1.29 is 19.8 Å². The van der Waals surface area contributed by atoms with Crippen LogP contribution >= 0.6 is 50.5 Å². The molecule has 0 amide bonds. The van der Waals surface area contributed by atoms with E-state index in [-0.39, 0.29) is 21.1 Å². The standard InChI is InChI=1S/2C12H25.2C5H10O2S2.Sn/c2*1-3-5-7-9-11-12-10-8-6-4-2;2*6-5(7)4(3-9)1-2-8;/h2*1,3-12H2,2H3;2*4,8-9H,1-3H2,(H,6,7);/q;;;;+2/p-2. The Kier molecular flexibility index (Phi) is 48.7. The smallest absolute Gasteiger partial charge is 0.550 e. The van der Waals surface area contributed by atoms with Crippen molar-refractivity contribution in [3.8, 4) is 0 Å². The molecule has 4 nitrogen and oxygen atoms in total. The van der Waals surface area contributed by atoms with E-state index in [1.54, 1.807) is 21.7 Å². The van der Waals surface area contributed by atoms with E-state index in [0.29, 0.717) is 35.9 Å². The van der Waals surface area contributed by atoms with Gasteiger partial charge in [0.25, 0.3) is 0 Å². The van der Waals surface area contributed by atoms with Crippen LogP contribution in [0.25, 0.3) is 0 Å². The summed E-state index contributed by atoms with van der Waals surface area (Å²) in [6.07, 6.45) is 30.9. The molecular formula is C34H68O4S4Sn. The summed E-state index contributed by atoms with van der Waals surface area (Å²) >= 11 is 15.5. The number of carbonyl (C=O) groups excluding carboxylic acids is 2. The molecule has 256 valence electrons. The number of aliphatic carboxylic acids is 2. The maximum absolute atomic E-state index is 10.1. The van der Waals surface area contributed by atoms with Crippen LogP contribution in [0.2, 0.25) is 8.87 Å². The van der Waals surface area contributed by atoms with Crippen molar-refractivity contribution in [1.29, 1.82) is 0 Å². The Labute approximate surface area is 300 Å². The average Bonchev–Trinajstić information content (AvgIpc) is 2.99. The molecule has 43 heavy (non-hydrogen) atoms. The first-order valence-electron chi connectivity index (χ1n) is 17.4. The minimum absolute atomic E-state index is 0.0377. The van der Waals surface area contributed by atoms with E-state index in [0.717, 1.165) is 0 Å². The summed E-state index contributed by atoms with van der Waals surface area (Å²) < 4.78 is 3.33. The van der Waals surface area contributed by atoms with Crippen LogP contribution < -0.4 is 10.2 Å². The monoisotopic (exact) mass is 788 g/mol. The van der Waals surface area contributed by atoms with E-state index in [4.69, 9.17) is 0 Å². The van der Waals surface area contributed by atoms with E-state index in [1.807, 2.05) is 0 Å². The summed E-state index contributed by atoms with van der Waals surface area (Å²) in [4.78, 5) is 20.3. The van der Waals surface area contributed by atoms with Gasteiger partial charge in [0.15, 0.2) is 0 Å². The van der Waals surface area contributed by atoms with Gasteiger partial charge in [-0.3, -0.25) is 0 Å². The third kappa shape index (κ3) is 43.1. The van der Waals surface area contributed by atoms with Gasteiger partial charge in [-0.05, 0) is 35.9 Å². The Bertz CT molecular complexity index is 512. The Morgan fingerprint density at radius 1 is 0.488 bits per heavy atom. The van der Waals surface area contributed by atoms with Gasteiger partial charge in [-0.1, -0.05) is 0 Å². The summed E-state index contributed by atoms with van der Waals surface area (Å²) in [5, 5.41) is 20.3. The van der Waals surface area contributed by atoms with Gasteiger partial charge >= 0.3 is 172 Å². The Morgan fingerprint density at radius 3 is 0.930 bits per heavy atom. The topological polar surface area (TPSA) is 80.3 Å². The number of unbranched alkanes of at least 4 members (excludes halogenated alkanes) is 18. The molecule has 0 fully saturated rings. The molecule has 0 N–H and O–H groups in total. The van der Waals surface area contributed by atoms with Crippen molar-refractivity contribution in [1.82, 2.24) is 0 Å². The van der Waals surface area contributed by atoms with Crippen molar-refractivity contribution in [2.75, 3.05) is 23.0 Å². The first-order valence-corrected chi connectivity index (χ1v) is 24.0. The molecular weight excluding hydrogens is 719 g/mol. The van der Waals surface area contributed by atoms with Crippen molar-refractivity contribution in [2.24, 2.45) is 11.8 Å². The zero-order chi connectivity index (χ0) is 32.8. The van der Waals surface area contributed by atoms with Gasteiger partial charge in [-0.25, -0.2) is 0 Å². The quantitative estimate of drug-likeness (QED) is 0.0335. The number of hydrogen-bond donors (Lipinski definition) is 4. The second-order valence-electron chi connectivity index (χ2n) is 11.5. The molecule has 0 aromatic heterocycles. The molecule has 0 radical (unpaired) electrons. The Balaban J connectivity index is -0.000000722. The molecule has 0 saturated heterocycles. The van der Waals surface area contributed by atoms with E-state index >= 15 is 0 Å². The molecule has 0 rings (SSSR count). The van der Waals surface area contributed by atoms with Gasteiger partial charge in [-0.15, -0.1) is 0 Å². The van der Waals surface area contributed by atoms with Gasteiger partial charge in [0.2, 0.25) is 0 Å². The molecule has 0 spiro atoms. The third-order valence-corrected chi connectivity index (χ3v) is 12.9. The molecule has 0 aromatic carbocycles. The summed E-state index contributed by atoms with van der Waals surface area (Å²) in [6.45, 7) is 4.61. The minimum Gasteiger partial charge on any atom is -0.550 e. The molecule has 9 heteroatoms. The summed E-state index contributed by atoms with van der Waals surface area (Å²) in [5.74, 6) is -1.13. The predicted molar refractivity (Wildman–Crippen MR) is 201 cm³/mol. The van der Waals surface area contributed by atoms with Crippen molar-refractivity contribution in [3.63, 3.8) is 0 Å². The van der Waals surface area contributed by atoms with Gasteiger partial charge in [0.1, 0.15) is 0 Å². The van der Waals surface area contributed by atoms with Crippen molar-refractivity contribution in [2.45, 2.75) is 164 Å². The maximum atomic E-state index is 10.1. The molecule has 0 aromatic rings. The van der Waals surface area contributed by atoms with Crippen molar-refractivity contribution >= 4 is 83.6 Å². The normalized spacial score (nSPS) is 11.9. The zero-order valence-corrected chi connectivity index (χ0v) is 34.3. The SMILES string of the molecule is CCCCCCCCCCC[CH2][Sn+2][CH2]CCCCCCCCCCC.O=C([O-])C(CS)CCS.O=C([O-])C(CS)CCS. The van der Waals surface area contributed by atoms with Crippen LogP contribution in [0.5, 0.6) is 0 Å². The number of thiol groups is 4. The van der Waals surface area contributed by atoms with Gasteiger partial charge in [0, 0.05) is 23.8 Å². The fourth-order valence-electron chi connectivity index (χ4n) is 4.48. The fourth-order valence-corrected chi connectivity index (χ4v) is 9.33. The van der Waals surface area contributed by atoms with Crippen LogP contribution in [-0.2, 0) is 9.59 Å². The number of carboxylic acids is 2. The first-order chi connectivity index (χ1) is 20.9. The number of carbonyl (C=O) groups is 2. The van der Waals surface area contributed by atoms with E-state index in [9.17, 15) is 19.8 Å². The number of hydrogen-bond acceptors (Lipinski definition) is 8. The first kappa shape index (κ1) is 48.5.